The van der Waals surface area contributed by atoms with Crippen molar-refractivity contribution in [3.8, 4) is 0 Å². The minimum Gasteiger partial charge on any atom is -0.396 e. The zero-order valence-corrected chi connectivity index (χ0v) is 11.3. The predicted molar refractivity (Wildman–Crippen MR) is 73.6 cm³/mol. The van der Waals surface area contributed by atoms with Crippen LogP contribution in [0.3, 0.4) is 0 Å². The zero-order valence-electron chi connectivity index (χ0n) is 11.3. The van der Waals surface area contributed by atoms with Crippen molar-refractivity contribution in [3.05, 3.63) is 30.1 Å². The molecule has 1 heterocycles. The molecule has 1 saturated carbocycles. The van der Waals surface area contributed by atoms with Crippen LogP contribution in [0, 0.1) is 5.41 Å². The number of nitrogens with zero attached hydrogens (tertiary/aromatic N) is 1. The molecule has 1 amide bonds. The molecule has 0 unspecified atom stereocenters. The van der Waals surface area contributed by atoms with Gasteiger partial charge in [-0.25, -0.2) is 0 Å². The molecule has 1 fully saturated rings. The second-order valence-electron chi connectivity index (χ2n) is 5.46. The molecule has 1 aliphatic rings. The van der Waals surface area contributed by atoms with Crippen molar-refractivity contribution in [2.45, 2.75) is 38.5 Å². The molecular weight excluding hydrogens is 240 g/mol. The lowest BCUT2D eigenvalue weighted by atomic mass is 9.87. The number of aryl methyl sites for hydroxylation is 1. The van der Waals surface area contributed by atoms with E-state index in [1.54, 1.807) is 6.20 Å². The van der Waals surface area contributed by atoms with Gasteiger partial charge in [-0.2, -0.15) is 0 Å². The van der Waals surface area contributed by atoms with Gasteiger partial charge in [0.25, 0.3) is 0 Å². The Morgan fingerprint density at radius 3 is 2.79 bits per heavy atom. The molecule has 2 rings (SSSR count). The maximum absolute atomic E-state index is 11.8. The van der Waals surface area contributed by atoms with Crippen LogP contribution in [-0.4, -0.2) is 29.1 Å². The third kappa shape index (κ3) is 4.03. The highest BCUT2D eigenvalue weighted by atomic mass is 16.3. The van der Waals surface area contributed by atoms with Gasteiger partial charge in [-0.1, -0.05) is 18.9 Å². The van der Waals surface area contributed by atoms with Crippen LogP contribution >= 0.6 is 0 Å². The van der Waals surface area contributed by atoms with Gasteiger partial charge < -0.3 is 10.4 Å². The summed E-state index contributed by atoms with van der Waals surface area (Å²) in [5.74, 6) is 0.0466. The highest BCUT2D eigenvalue weighted by Gasteiger charge is 2.33. The summed E-state index contributed by atoms with van der Waals surface area (Å²) in [5.41, 5.74) is 0.871. The molecule has 0 spiro atoms. The number of aromatic nitrogens is 1. The summed E-state index contributed by atoms with van der Waals surface area (Å²) in [5, 5.41) is 12.4. The van der Waals surface area contributed by atoms with Crippen LogP contribution in [0.25, 0.3) is 0 Å². The van der Waals surface area contributed by atoms with Crippen molar-refractivity contribution in [3.63, 3.8) is 0 Å². The van der Waals surface area contributed by atoms with E-state index < -0.39 is 0 Å². The van der Waals surface area contributed by atoms with Gasteiger partial charge in [0.2, 0.25) is 5.91 Å². The number of carbonyl (C=O) groups is 1. The minimum atomic E-state index is -0.0688. The van der Waals surface area contributed by atoms with Gasteiger partial charge in [-0.05, 0) is 31.4 Å². The van der Waals surface area contributed by atoms with E-state index in [0.717, 1.165) is 31.4 Å². The number of rotatable bonds is 6. The monoisotopic (exact) mass is 262 g/mol. The third-order valence-electron chi connectivity index (χ3n) is 3.99. The predicted octanol–water partition coefficient (Wildman–Crippen LogP) is 1.68. The van der Waals surface area contributed by atoms with E-state index in [1.165, 1.54) is 0 Å². The van der Waals surface area contributed by atoms with Crippen LogP contribution in [0.1, 0.15) is 37.8 Å². The number of hydrogen-bond donors (Lipinski definition) is 2. The summed E-state index contributed by atoms with van der Waals surface area (Å²) in [4.78, 5) is 16.0. The average Bonchev–Trinajstić information content (AvgIpc) is 2.93. The van der Waals surface area contributed by atoms with E-state index in [1.807, 2.05) is 18.2 Å². The highest BCUT2D eigenvalue weighted by molar-refractivity contribution is 5.76. The molecule has 1 aromatic rings. The van der Waals surface area contributed by atoms with Gasteiger partial charge in [0, 0.05) is 30.3 Å². The topological polar surface area (TPSA) is 62.2 Å². The summed E-state index contributed by atoms with van der Waals surface area (Å²) in [6, 6.07) is 5.73. The molecule has 2 N–H and O–H groups in total. The van der Waals surface area contributed by atoms with Crippen molar-refractivity contribution in [1.29, 1.82) is 0 Å². The number of carbonyl (C=O) groups excluding carboxylic acids is 1. The van der Waals surface area contributed by atoms with Crippen molar-refractivity contribution in [1.82, 2.24) is 10.3 Å². The van der Waals surface area contributed by atoms with Gasteiger partial charge in [0.15, 0.2) is 0 Å². The number of aliphatic hydroxyl groups is 1. The first-order valence-electron chi connectivity index (χ1n) is 7.02. The number of amides is 1. The lowest BCUT2D eigenvalue weighted by Crippen LogP contribution is -2.38. The molecule has 4 heteroatoms. The van der Waals surface area contributed by atoms with Crippen molar-refractivity contribution in [2.75, 3.05) is 13.2 Å². The Balaban J connectivity index is 1.72. The summed E-state index contributed by atoms with van der Waals surface area (Å²) < 4.78 is 0. The Kier molecular flexibility index (Phi) is 4.91. The van der Waals surface area contributed by atoms with Gasteiger partial charge >= 0.3 is 0 Å². The molecule has 1 aromatic heterocycles. The fourth-order valence-corrected chi connectivity index (χ4v) is 2.68. The van der Waals surface area contributed by atoms with Crippen LogP contribution in [0.15, 0.2) is 24.4 Å². The second-order valence-corrected chi connectivity index (χ2v) is 5.46. The maximum atomic E-state index is 11.8. The Labute approximate surface area is 114 Å². The highest BCUT2D eigenvalue weighted by Crippen LogP contribution is 2.36. The lowest BCUT2D eigenvalue weighted by molar-refractivity contribution is -0.121. The Bertz CT molecular complexity index is 400. The summed E-state index contributed by atoms with van der Waals surface area (Å²) in [6.07, 6.45) is 7.21. The molecular formula is C15H22N2O2. The molecule has 104 valence electrons. The standard InChI is InChI=1S/C15H22N2O2/c18-12-15(8-2-3-9-15)11-17-14(19)7-6-13-5-1-4-10-16-13/h1,4-5,10,18H,2-3,6-9,11-12H2,(H,17,19). The second kappa shape index (κ2) is 6.66. The Morgan fingerprint density at radius 1 is 1.37 bits per heavy atom. The lowest BCUT2D eigenvalue weighted by Gasteiger charge is -2.26. The molecule has 0 bridgehead atoms. The van der Waals surface area contributed by atoms with E-state index in [4.69, 9.17) is 0 Å². The van der Waals surface area contributed by atoms with Gasteiger partial charge in [0.1, 0.15) is 0 Å². The smallest absolute Gasteiger partial charge is 0.220 e. The zero-order chi connectivity index (χ0) is 13.6. The summed E-state index contributed by atoms with van der Waals surface area (Å²) in [7, 11) is 0. The van der Waals surface area contributed by atoms with Crippen LogP contribution in [-0.2, 0) is 11.2 Å². The first-order valence-corrected chi connectivity index (χ1v) is 7.02. The fraction of sp³-hybridized carbons (Fsp3) is 0.600. The number of nitrogens with one attached hydrogen (secondary N) is 1. The van der Waals surface area contributed by atoms with E-state index >= 15 is 0 Å². The Hall–Kier alpha value is -1.42. The van der Waals surface area contributed by atoms with Crippen molar-refractivity contribution >= 4 is 5.91 Å². The number of aliphatic hydroxyl groups excluding tert-OH is 1. The Morgan fingerprint density at radius 2 is 2.16 bits per heavy atom. The largest absolute Gasteiger partial charge is 0.396 e. The van der Waals surface area contributed by atoms with E-state index in [9.17, 15) is 9.90 Å². The maximum Gasteiger partial charge on any atom is 0.220 e. The van der Waals surface area contributed by atoms with Crippen LogP contribution in [0.4, 0.5) is 0 Å². The van der Waals surface area contributed by atoms with E-state index in [-0.39, 0.29) is 17.9 Å². The molecule has 0 atom stereocenters. The molecule has 0 radical (unpaired) electrons. The number of pyridine rings is 1. The minimum absolute atomic E-state index is 0.0466. The quantitative estimate of drug-likeness (QED) is 0.820. The van der Waals surface area contributed by atoms with Gasteiger partial charge in [0.05, 0.1) is 6.61 Å². The van der Waals surface area contributed by atoms with E-state index in [0.29, 0.717) is 19.4 Å². The summed E-state index contributed by atoms with van der Waals surface area (Å²) >= 11 is 0. The van der Waals surface area contributed by atoms with Crippen molar-refractivity contribution in [2.24, 2.45) is 5.41 Å². The fourth-order valence-electron chi connectivity index (χ4n) is 2.68. The van der Waals surface area contributed by atoms with Crippen LogP contribution < -0.4 is 5.32 Å². The van der Waals surface area contributed by atoms with E-state index in [2.05, 4.69) is 10.3 Å². The van der Waals surface area contributed by atoms with Crippen LogP contribution in [0.5, 0.6) is 0 Å². The molecule has 4 nitrogen and oxygen atoms in total. The molecule has 19 heavy (non-hydrogen) atoms. The third-order valence-corrected chi connectivity index (χ3v) is 3.99. The van der Waals surface area contributed by atoms with Crippen molar-refractivity contribution < 1.29 is 9.90 Å². The first-order chi connectivity index (χ1) is 9.24. The first kappa shape index (κ1) is 14.0. The van der Waals surface area contributed by atoms with Crippen LogP contribution in [0.2, 0.25) is 0 Å². The number of hydrogen-bond acceptors (Lipinski definition) is 3. The molecule has 1 aliphatic carbocycles. The van der Waals surface area contributed by atoms with Gasteiger partial charge in [-0.15, -0.1) is 0 Å². The molecule has 0 aromatic carbocycles. The van der Waals surface area contributed by atoms with Gasteiger partial charge in [-0.3, -0.25) is 9.78 Å². The molecule has 0 aliphatic heterocycles. The molecule has 0 saturated heterocycles. The average molecular weight is 262 g/mol. The summed E-state index contributed by atoms with van der Waals surface area (Å²) in [6.45, 7) is 0.776. The normalized spacial score (nSPS) is 17.3. The SMILES string of the molecule is O=C(CCc1ccccn1)NCC1(CO)CCCC1.